The molecular formula is C23H22N6O3S. The van der Waals surface area contributed by atoms with Gasteiger partial charge in [-0.3, -0.25) is 4.72 Å². The van der Waals surface area contributed by atoms with Gasteiger partial charge < -0.3 is 10.8 Å². The van der Waals surface area contributed by atoms with Crippen LogP contribution in [0.5, 0.6) is 0 Å². The first kappa shape index (κ1) is 22.2. The highest BCUT2D eigenvalue weighted by Gasteiger charge is 2.15. The number of sulfonamides is 1. The number of hydrogen-bond acceptors (Lipinski definition) is 7. The highest BCUT2D eigenvalue weighted by molar-refractivity contribution is 7.92. The van der Waals surface area contributed by atoms with Crippen LogP contribution in [0.15, 0.2) is 94.0 Å². The number of aliphatic hydroxyl groups is 1. The first-order chi connectivity index (χ1) is 15.9. The predicted octanol–water partition coefficient (Wildman–Crippen LogP) is 4.47. The van der Waals surface area contributed by atoms with Crippen LogP contribution in [-0.4, -0.2) is 23.3 Å². The molecular weight excluding hydrogens is 440 g/mol. The van der Waals surface area contributed by atoms with Gasteiger partial charge in [-0.2, -0.15) is 10.2 Å². The molecule has 9 nitrogen and oxygen atoms in total. The summed E-state index contributed by atoms with van der Waals surface area (Å²) in [7, 11) is -3.80. The Kier molecular flexibility index (Phi) is 6.20. The molecule has 4 aromatic rings. The lowest BCUT2D eigenvalue weighted by Crippen LogP contribution is -2.12. The summed E-state index contributed by atoms with van der Waals surface area (Å²) in [5.41, 5.74) is 9.53. The molecule has 1 aromatic heterocycles. The van der Waals surface area contributed by atoms with Crippen LogP contribution in [0, 0.1) is 6.92 Å². The van der Waals surface area contributed by atoms with Crippen molar-refractivity contribution in [2.24, 2.45) is 10.2 Å². The van der Waals surface area contributed by atoms with Crippen molar-refractivity contribution in [3.8, 4) is 5.69 Å². The van der Waals surface area contributed by atoms with E-state index in [1.807, 2.05) is 30.3 Å². The summed E-state index contributed by atoms with van der Waals surface area (Å²) in [5.74, 6) is 0.357. The zero-order valence-corrected chi connectivity index (χ0v) is 18.6. The molecule has 0 radical (unpaired) electrons. The highest BCUT2D eigenvalue weighted by Crippen LogP contribution is 2.30. The van der Waals surface area contributed by atoms with Crippen LogP contribution in [0.25, 0.3) is 5.69 Å². The molecule has 0 aliphatic heterocycles. The maximum absolute atomic E-state index is 12.7. The second kappa shape index (κ2) is 9.23. The number of rotatable bonds is 7. The number of para-hydroxylation sites is 1. The summed E-state index contributed by atoms with van der Waals surface area (Å²) in [5, 5.41) is 22.1. The van der Waals surface area contributed by atoms with Gasteiger partial charge in [0.25, 0.3) is 10.0 Å². The maximum Gasteiger partial charge on any atom is 0.261 e. The van der Waals surface area contributed by atoms with Crippen LogP contribution >= 0.6 is 0 Å². The smallest absolute Gasteiger partial charge is 0.261 e. The Morgan fingerprint density at radius 1 is 1.00 bits per heavy atom. The van der Waals surface area contributed by atoms with Crippen molar-refractivity contribution in [1.82, 2.24) is 9.78 Å². The van der Waals surface area contributed by atoms with Crippen LogP contribution in [-0.2, 0) is 16.6 Å². The highest BCUT2D eigenvalue weighted by atomic mass is 32.2. The molecule has 4 N–H and O–H groups in total. The van der Waals surface area contributed by atoms with E-state index in [1.165, 1.54) is 12.1 Å². The normalized spacial score (nSPS) is 11.7. The summed E-state index contributed by atoms with van der Waals surface area (Å²) in [6.07, 6.45) is 0. The number of nitrogens with two attached hydrogens (primary N) is 1. The molecule has 3 aromatic carbocycles. The largest absolute Gasteiger partial charge is 0.392 e. The van der Waals surface area contributed by atoms with Gasteiger partial charge >= 0.3 is 0 Å². The van der Waals surface area contributed by atoms with Crippen molar-refractivity contribution in [1.29, 1.82) is 0 Å². The zero-order valence-electron chi connectivity index (χ0n) is 17.8. The number of nitrogens with one attached hydrogen (secondary N) is 1. The van der Waals surface area contributed by atoms with Crippen molar-refractivity contribution in [2.75, 3.05) is 10.5 Å². The molecule has 0 aliphatic carbocycles. The van der Waals surface area contributed by atoms with Gasteiger partial charge in [0.05, 0.1) is 28.6 Å². The van der Waals surface area contributed by atoms with E-state index in [0.29, 0.717) is 34.1 Å². The van der Waals surface area contributed by atoms with Gasteiger partial charge in [-0.1, -0.05) is 30.3 Å². The van der Waals surface area contributed by atoms with E-state index in [9.17, 15) is 13.5 Å². The summed E-state index contributed by atoms with van der Waals surface area (Å²) in [6.45, 7) is 1.61. The average molecular weight is 463 g/mol. The summed E-state index contributed by atoms with van der Waals surface area (Å²) >= 11 is 0. The number of anilines is 2. The monoisotopic (exact) mass is 462 g/mol. The zero-order chi connectivity index (χ0) is 23.4. The molecule has 0 fully saturated rings. The van der Waals surface area contributed by atoms with E-state index in [4.69, 9.17) is 5.73 Å². The molecule has 0 atom stereocenters. The van der Waals surface area contributed by atoms with Crippen LogP contribution in [0.3, 0.4) is 0 Å². The van der Waals surface area contributed by atoms with Crippen LogP contribution < -0.4 is 10.5 Å². The Morgan fingerprint density at radius 3 is 2.42 bits per heavy atom. The van der Waals surface area contributed by atoms with Gasteiger partial charge in [0.2, 0.25) is 0 Å². The Labute approximate surface area is 191 Å². The van der Waals surface area contributed by atoms with E-state index >= 15 is 0 Å². The van der Waals surface area contributed by atoms with Gasteiger partial charge in [-0.15, -0.1) is 5.11 Å². The molecule has 0 aliphatic rings. The molecule has 0 unspecified atom stereocenters. The molecule has 168 valence electrons. The van der Waals surface area contributed by atoms with Gasteiger partial charge in [0.15, 0.2) is 11.5 Å². The third kappa shape index (κ3) is 4.92. The predicted molar refractivity (Wildman–Crippen MR) is 127 cm³/mol. The van der Waals surface area contributed by atoms with Gasteiger partial charge in [-0.25, -0.2) is 13.1 Å². The first-order valence-electron chi connectivity index (χ1n) is 10.0. The fourth-order valence-electron chi connectivity index (χ4n) is 3.17. The molecule has 10 heteroatoms. The number of azo groups is 1. The van der Waals surface area contributed by atoms with Crippen molar-refractivity contribution in [3.05, 3.63) is 90.1 Å². The minimum atomic E-state index is -3.80. The minimum Gasteiger partial charge on any atom is -0.392 e. The van der Waals surface area contributed by atoms with E-state index in [1.54, 1.807) is 48.0 Å². The van der Waals surface area contributed by atoms with E-state index in [-0.39, 0.29) is 11.5 Å². The lowest BCUT2D eigenvalue weighted by molar-refractivity contribution is 0.282. The lowest BCUT2D eigenvalue weighted by Gasteiger charge is -2.09. The minimum absolute atomic E-state index is 0.0726. The maximum atomic E-state index is 12.7. The third-order valence-electron chi connectivity index (χ3n) is 4.84. The fourth-order valence-corrected chi connectivity index (χ4v) is 4.22. The summed E-state index contributed by atoms with van der Waals surface area (Å²) < 4.78 is 29.4. The molecule has 1 heterocycles. The number of aryl methyl sites for hydroxylation is 1. The van der Waals surface area contributed by atoms with Crippen molar-refractivity contribution in [2.45, 2.75) is 18.4 Å². The number of aromatic nitrogens is 2. The summed E-state index contributed by atoms with van der Waals surface area (Å²) in [4.78, 5) is 0.0726. The summed E-state index contributed by atoms with van der Waals surface area (Å²) in [6, 6.07) is 22.0. The fraction of sp³-hybridized carbons (Fsp3) is 0.0870. The van der Waals surface area contributed by atoms with Crippen LogP contribution in [0.1, 0.15) is 11.3 Å². The van der Waals surface area contributed by atoms with Gasteiger partial charge in [0, 0.05) is 5.69 Å². The SMILES string of the molecule is Cc1nn(-c2ccccc2)c(N)c1/N=N/c1ccc(S(=O)(=O)Nc2cccc(CO)c2)cc1. The average Bonchev–Trinajstić information content (AvgIpc) is 3.11. The molecule has 0 saturated carbocycles. The van der Waals surface area contributed by atoms with Crippen molar-refractivity contribution >= 4 is 32.9 Å². The molecule has 0 amide bonds. The third-order valence-corrected chi connectivity index (χ3v) is 6.24. The Bertz CT molecular complexity index is 1400. The van der Waals surface area contributed by atoms with Crippen LogP contribution in [0.4, 0.5) is 22.9 Å². The Hall–Kier alpha value is -4.02. The number of hydrogen-bond donors (Lipinski definition) is 3. The molecule has 0 saturated heterocycles. The van der Waals surface area contributed by atoms with Gasteiger partial charge in [-0.05, 0) is 61.0 Å². The van der Waals surface area contributed by atoms with Crippen molar-refractivity contribution in [3.63, 3.8) is 0 Å². The van der Waals surface area contributed by atoms with Gasteiger partial charge in [0.1, 0.15) is 0 Å². The number of benzene rings is 3. The second-order valence-corrected chi connectivity index (χ2v) is 8.91. The molecule has 4 rings (SSSR count). The molecule has 33 heavy (non-hydrogen) atoms. The first-order valence-corrected chi connectivity index (χ1v) is 11.5. The Morgan fingerprint density at radius 2 is 1.73 bits per heavy atom. The van der Waals surface area contributed by atoms with E-state index in [2.05, 4.69) is 20.0 Å². The van der Waals surface area contributed by atoms with Crippen molar-refractivity contribution < 1.29 is 13.5 Å². The number of nitrogens with zero attached hydrogens (tertiary/aromatic N) is 4. The number of nitrogen functional groups attached to an aromatic ring is 1. The lowest BCUT2D eigenvalue weighted by atomic mass is 10.2. The second-order valence-electron chi connectivity index (χ2n) is 7.22. The topological polar surface area (TPSA) is 135 Å². The number of aliphatic hydroxyl groups excluding tert-OH is 1. The molecule has 0 bridgehead atoms. The van der Waals surface area contributed by atoms with Crippen LogP contribution in [0.2, 0.25) is 0 Å². The Balaban J connectivity index is 1.53. The van der Waals surface area contributed by atoms with E-state index in [0.717, 1.165) is 5.69 Å². The standard InChI is InChI=1S/C23H22N6O3S/c1-16-22(23(24)29(27-16)20-8-3-2-4-9-20)26-25-18-10-12-21(13-11-18)33(31,32)28-19-7-5-6-17(14-19)15-30/h2-14,28,30H,15,24H2,1H3/b26-25+. The quantitative estimate of drug-likeness (QED) is 0.348. The molecule has 0 spiro atoms. The van der Waals surface area contributed by atoms with E-state index < -0.39 is 10.0 Å².